The highest BCUT2D eigenvalue weighted by Crippen LogP contribution is 2.40. The zero-order valence-electron chi connectivity index (χ0n) is 18.3. The fourth-order valence-corrected chi connectivity index (χ4v) is 3.64. The number of amides is 1. The van der Waals surface area contributed by atoms with Gasteiger partial charge in [-0.05, 0) is 56.7 Å². The molecule has 7 heteroatoms. The molecular weight excluding hydrogens is 394 g/mol. The zero-order valence-corrected chi connectivity index (χ0v) is 18.3. The highest BCUT2D eigenvalue weighted by atomic mass is 16.5. The van der Waals surface area contributed by atoms with Crippen molar-refractivity contribution in [3.63, 3.8) is 0 Å². The summed E-state index contributed by atoms with van der Waals surface area (Å²) < 4.78 is 10.8. The van der Waals surface area contributed by atoms with Gasteiger partial charge in [-0.25, -0.2) is 9.78 Å². The number of para-hydroxylation sites is 1. The van der Waals surface area contributed by atoms with Gasteiger partial charge in [0.15, 0.2) is 6.10 Å². The average Bonchev–Trinajstić information content (AvgIpc) is 3.56. The lowest BCUT2D eigenvalue weighted by Gasteiger charge is -2.18. The van der Waals surface area contributed by atoms with E-state index in [4.69, 9.17) is 9.26 Å². The summed E-state index contributed by atoms with van der Waals surface area (Å²) >= 11 is 0. The maximum atomic E-state index is 13.0. The molecule has 1 aromatic carbocycles. The van der Waals surface area contributed by atoms with Gasteiger partial charge in [-0.1, -0.05) is 37.2 Å². The van der Waals surface area contributed by atoms with Gasteiger partial charge in [-0.2, -0.15) is 0 Å². The van der Waals surface area contributed by atoms with Crippen LogP contribution < -0.4 is 5.32 Å². The number of anilines is 1. The van der Waals surface area contributed by atoms with Gasteiger partial charge in [0.2, 0.25) is 0 Å². The van der Waals surface area contributed by atoms with Gasteiger partial charge < -0.3 is 14.6 Å². The third-order valence-electron chi connectivity index (χ3n) is 5.87. The number of aryl methyl sites for hydroxylation is 1. The number of carbonyl (C=O) groups excluding carboxylic acids is 2. The second kappa shape index (κ2) is 8.49. The molecule has 1 aliphatic rings. The van der Waals surface area contributed by atoms with E-state index in [2.05, 4.69) is 29.3 Å². The number of esters is 1. The minimum Gasteiger partial charge on any atom is -0.449 e. The van der Waals surface area contributed by atoms with Crippen LogP contribution in [0.4, 0.5) is 5.69 Å². The average molecular weight is 421 g/mol. The second-order valence-electron chi connectivity index (χ2n) is 8.25. The lowest BCUT2D eigenvalue weighted by atomic mass is 9.97. The van der Waals surface area contributed by atoms with Crippen LogP contribution in [0.1, 0.15) is 79.2 Å². The fraction of sp³-hybridized carbons (Fsp3) is 0.417. The van der Waals surface area contributed by atoms with Crippen LogP contribution in [0.3, 0.4) is 0 Å². The lowest BCUT2D eigenvalue weighted by molar-refractivity contribution is -0.123. The topological polar surface area (TPSA) is 94.3 Å². The highest BCUT2D eigenvalue weighted by Gasteiger charge is 2.30. The van der Waals surface area contributed by atoms with Crippen molar-refractivity contribution in [1.82, 2.24) is 10.1 Å². The Morgan fingerprint density at radius 3 is 2.71 bits per heavy atom. The minimum absolute atomic E-state index is 0.303. The number of nitrogens with one attached hydrogen (secondary N) is 1. The largest absolute Gasteiger partial charge is 0.449 e. The van der Waals surface area contributed by atoms with Crippen LogP contribution in [0.15, 0.2) is 34.9 Å². The molecule has 1 N–H and O–H groups in total. The molecule has 1 fully saturated rings. The minimum atomic E-state index is -0.967. The number of aromatic nitrogens is 2. The predicted molar refractivity (Wildman–Crippen MR) is 117 cm³/mol. The summed E-state index contributed by atoms with van der Waals surface area (Å²) in [6.45, 7) is 7.54. The van der Waals surface area contributed by atoms with E-state index in [1.54, 1.807) is 19.9 Å². The lowest BCUT2D eigenvalue weighted by Crippen LogP contribution is -2.30. The van der Waals surface area contributed by atoms with Gasteiger partial charge in [0.05, 0.1) is 16.6 Å². The summed E-state index contributed by atoms with van der Waals surface area (Å²) in [4.78, 5) is 30.3. The number of hydrogen-bond acceptors (Lipinski definition) is 6. The number of hydrogen-bond donors (Lipinski definition) is 1. The molecule has 1 aliphatic carbocycles. The summed E-state index contributed by atoms with van der Waals surface area (Å²) in [5.74, 6) is -0.326. The van der Waals surface area contributed by atoms with Crippen LogP contribution in [-0.2, 0) is 9.53 Å². The van der Waals surface area contributed by atoms with Crippen molar-refractivity contribution in [1.29, 1.82) is 0 Å². The van der Waals surface area contributed by atoms with Crippen LogP contribution in [0.25, 0.3) is 11.1 Å². The maximum Gasteiger partial charge on any atom is 0.339 e. The zero-order chi connectivity index (χ0) is 22.1. The van der Waals surface area contributed by atoms with Crippen LogP contribution >= 0.6 is 0 Å². The molecule has 3 aromatic rings. The summed E-state index contributed by atoms with van der Waals surface area (Å²) in [6.07, 6.45) is 2.06. The summed E-state index contributed by atoms with van der Waals surface area (Å²) in [7, 11) is 0. The number of rotatable bonds is 7. The van der Waals surface area contributed by atoms with Crippen molar-refractivity contribution in [2.45, 2.75) is 64.9 Å². The third-order valence-corrected chi connectivity index (χ3v) is 5.87. The number of fused-ring (bicyclic) bond motifs is 1. The molecule has 162 valence electrons. The van der Waals surface area contributed by atoms with E-state index in [0.717, 1.165) is 36.2 Å². The molecule has 0 saturated heterocycles. The van der Waals surface area contributed by atoms with Gasteiger partial charge in [-0.15, -0.1) is 0 Å². The quantitative estimate of drug-likeness (QED) is 0.533. The van der Waals surface area contributed by atoms with E-state index in [-0.39, 0.29) is 5.91 Å². The van der Waals surface area contributed by atoms with Crippen molar-refractivity contribution in [2.75, 3.05) is 5.32 Å². The second-order valence-corrected chi connectivity index (χ2v) is 8.25. The first-order valence-corrected chi connectivity index (χ1v) is 10.8. The normalized spacial score (nSPS) is 15.5. The van der Waals surface area contributed by atoms with Crippen LogP contribution in [-0.4, -0.2) is 28.1 Å². The molecule has 2 atom stereocenters. The molecule has 1 amide bonds. The monoisotopic (exact) mass is 421 g/mol. The van der Waals surface area contributed by atoms with E-state index in [1.165, 1.54) is 0 Å². The van der Waals surface area contributed by atoms with E-state index >= 15 is 0 Å². The molecule has 0 aliphatic heterocycles. The van der Waals surface area contributed by atoms with Gasteiger partial charge in [0, 0.05) is 17.3 Å². The number of carbonyl (C=O) groups is 2. The van der Waals surface area contributed by atoms with Crippen molar-refractivity contribution < 1.29 is 18.8 Å². The molecule has 31 heavy (non-hydrogen) atoms. The van der Waals surface area contributed by atoms with E-state index < -0.39 is 12.1 Å². The van der Waals surface area contributed by atoms with Crippen molar-refractivity contribution in [3.05, 3.63) is 52.8 Å². The molecule has 4 rings (SSSR count). The SMILES string of the molecule is CCC(C)c1ccccc1NC(=O)C(C)OC(=O)c1cc(C2CC2)nc2onc(C)c12. The Labute approximate surface area is 181 Å². The van der Waals surface area contributed by atoms with Crippen molar-refractivity contribution >= 4 is 28.7 Å². The fourth-order valence-electron chi connectivity index (χ4n) is 3.64. The first kappa shape index (κ1) is 21.0. The van der Waals surface area contributed by atoms with Crippen molar-refractivity contribution in [2.24, 2.45) is 0 Å². The Bertz CT molecular complexity index is 1130. The number of pyridine rings is 1. The Morgan fingerprint density at radius 1 is 1.26 bits per heavy atom. The van der Waals surface area contributed by atoms with Gasteiger partial charge in [0.1, 0.15) is 0 Å². The van der Waals surface area contributed by atoms with Gasteiger partial charge in [-0.3, -0.25) is 4.79 Å². The van der Waals surface area contributed by atoms with Crippen LogP contribution in [0, 0.1) is 6.92 Å². The number of ether oxygens (including phenoxy) is 1. The number of nitrogens with zero attached hydrogens (tertiary/aromatic N) is 2. The standard InChI is InChI=1S/C24H27N3O4/c1-5-13(2)17-8-6-7-9-19(17)25-22(28)15(4)30-24(29)18-12-20(16-10-11-16)26-23-21(18)14(3)27-31-23/h6-9,12-13,15-16H,5,10-11H2,1-4H3,(H,25,28). The summed E-state index contributed by atoms with van der Waals surface area (Å²) in [6, 6.07) is 9.44. The molecule has 1 saturated carbocycles. The highest BCUT2D eigenvalue weighted by molar-refractivity contribution is 6.05. The molecule has 0 radical (unpaired) electrons. The van der Waals surface area contributed by atoms with Crippen LogP contribution in [0.2, 0.25) is 0 Å². The van der Waals surface area contributed by atoms with Crippen molar-refractivity contribution in [3.8, 4) is 0 Å². The summed E-state index contributed by atoms with van der Waals surface area (Å²) in [5.41, 5.74) is 3.83. The molecular formula is C24H27N3O4. The summed E-state index contributed by atoms with van der Waals surface area (Å²) in [5, 5.41) is 7.38. The van der Waals surface area contributed by atoms with E-state index in [1.807, 2.05) is 24.3 Å². The smallest absolute Gasteiger partial charge is 0.339 e. The van der Waals surface area contributed by atoms with E-state index in [0.29, 0.717) is 34.2 Å². The molecule has 0 spiro atoms. The first-order valence-electron chi connectivity index (χ1n) is 10.8. The first-order chi connectivity index (χ1) is 14.9. The maximum absolute atomic E-state index is 13.0. The van der Waals surface area contributed by atoms with E-state index in [9.17, 15) is 9.59 Å². The molecule has 7 nitrogen and oxygen atoms in total. The Hall–Kier alpha value is -3.22. The molecule has 2 unspecified atom stereocenters. The predicted octanol–water partition coefficient (Wildman–Crippen LogP) is 5.11. The number of benzene rings is 1. The molecule has 2 heterocycles. The third kappa shape index (κ3) is 4.31. The van der Waals surface area contributed by atoms with Gasteiger partial charge >= 0.3 is 5.97 Å². The Balaban J connectivity index is 1.53. The Kier molecular flexibility index (Phi) is 5.76. The molecule has 2 aromatic heterocycles. The van der Waals surface area contributed by atoms with Gasteiger partial charge in [0.25, 0.3) is 11.6 Å². The van der Waals surface area contributed by atoms with Crippen LogP contribution in [0.5, 0.6) is 0 Å². The Morgan fingerprint density at radius 2 is 2.00 bits per heavy atom. The molecule has 0 bridgehead atoms.